The number of amides is 1. The molecule has 126 valence electrons. The van der Waals surface area contributed by atoms with Crippen molar-refractivity contribution in [2.24, 2.45) is 0 Å². The van der Waals surface area contributed by atoms with E-state index in [0.29, 0.717) is 0 Å². The van der Waals surface area contributed by atoms with E-state index in [1.165, 1.54) is 21.0 Å². The Hall–Kier alpha value is -1.38. The Labute approximate surface area is 133 Å². The minimum Gasteiger partial charge on any atom is -0.460 e. The van der Waals surface area contributed by atoms with Crippen molar-refractivity contribution >= 4 is 29.4 Å². The van der Waals surface area contributed by atoms with Crippen LogP contribution in [0.15, 0.2) is 0 Å². The SMILES string of the molecule is CO[C@@]1(NC(=O)CCl)O[C@H](C)[C@@H](OC(C)=O)C[C@@H]1OC(C)=O. The number of carbonyl (C=O) groups excluding carboxylic acids is 3. The topological polar surface area (TPSA) is 100 Å². The third-order valence-corrected chi connectivity index (χ3v) is 3.36. The molecule has 8 nitrogen and oxygen atoms in total. The van der Waals surface area contributed by atoms with Crippen LogP contribution in [-0.4, -0.2) is 55.1 Å². The monoisotopic (exact) mass is 337 g/mol. The number of hydrogen-bond acceptors (Lipinski definition) is 7. The lowest BCUT2D eigenvalue weighted by Gasteiger charge is -2.46. The quantitative estimate of drug-likeness (QED) is 0.438. The third kappa shape index (κ3) is 4.56. The van der Waals surface area contributed by atoms with Crippen LogP contribution >= 0.6 is 11.6 Å². The molecule has 1 fully saturated rings. The average molecular weight is 338 g/mol. The van der Waals surface area contributed by atoms with Crippen molar-refractivity contribution < 1.29 is 33.3 Å². The van der Waals surface area contributed by atoms with Crippen LogP contribution in [0.4, 0.5) is 0 Å². The smallest absolute Gasteiger partial charge is 0.303 e. The highest BCUT2D eigenvalue weighted by atomic mass is 35.5. The Balaban J connectivity index is 3.03. The lowest BCUT2D eigenvalue weighted by atomic mass is 10.00. The Kier molecular flexibility index (Phi) is 6.58. The van der Waals surface area contributed by atoms with Gasteiger partial charge in [0.05, 0.1) is 6.10 Å². The molecule has 1 saturated heterocycles. The zero-order valence-electron chi connectivity index (χ0n) is 12.9. The van der Waals surface area contributed by atoms with Crippen molar-refractivity contribution in [2.45, 2.75) is 51.4 Å². The first-order valence-electron chi connectivity index (χ1n) is 6.68. The molecule has 0 bridgehead atoms. The zero-order chi connectivity index (χ0) is 16.9. The van der Waals surface area contributed by atoms with Crippen molar-refractivity contribution in [2.75, 3.05) is 13.0 Å². The Morgan fingerprint density at radius 2 is 1.86 bits per heavy atom. The fourth-order valence-electron chi connectivity index (χ4n) is 2.24. The van der Waals surface area contributed by atoms with E-state index < -0.39 is 42.1 Å². The number of carbonyl (C=O) groups is 3. The molecule has 0 aliphatic carbocycles. The molecule has 0 aromatic rings. The second kappa shape index (κ2) is 7.75. The summed E-state index contributed by atoms with van der Waals surface area (Å²) in [6.45, 7) is 4.13. The predicted molar refractivity (Wildman–Crippen MR) is 74.9 cm³/mol. The summed E-state index contributed by atoms with van der Waals surface area (Å²) in [7, 11) is 1.30. The van der Waals surface area contributed by atoms with Crippen molar-refractivity contribution in [3.8, 4) is 0 Å². The molecule has 0 unspecified atom stereocenters. The summed E-state index contributed by atoms with van der Waals surface area (Å²) >= 11 is 5.48. The molecule has 1 amide bonds. The average Bonchev–Trinajstić information content (AvgIpc) is 2.42. The van der Waals surface area contributed by atoms with Gasteiger partial charge in [0.15, 0.2) is 6.10 Å². The van der Waals surface area contributed by atoms with Gasteiger partial charge >= 0.3 is 11.9 Å². The van der Waals surface area contributed by atoms with Gasteiger partial charge in [-0.25, -0.2) is 0 Å². The van der Waals surface area contributed by atoms with Gasteiger partial charge < -0.3 is 24.3 Å². The van der Waals surface area contributed by atoms with E-state index in [9.17, 15) is 14.4 Å². The third-order valence-electron chi connectivity index (χ3n) is 3.12. The molecule has 4 atom stereocenters. The molecule has 0 radical (unpaired) electrons. The van der Waals surface area contributed by atoms with Crippen molar-refractivity contribution in [3.63, 3.8) is 0 Å². The van der Waals surface area contributed by atoms with Crippen LogP contribution in [0.1, 0.15) is 27.2 Å². The molecule has 1 rings (SSSR count). The molecule has 1 aliphatic heterocycles. The number of methoxy groups -OCH3 is 1. The van der Waals surface area contributed by atoms with Crippen molar-refractivity contribution in [3.05, 3.63) is 0 Å². The molecule has 9 heteroatoms. The zero-order valence-corrected chi connectivity index (χ0v) is 13.6. The van der Waals surface area contributed by atoms with E-state index in [4.69, 9.17) is 30.5 Å². The number of rotatable bonds is 5. The lowest BCUT2D eigenvalue weighted by molar-refractivity contribution is -0.339. The van der Waals surface area contributed by atoms with E-state index in [1.807, 2.05) is 0 Å². The van der Waals surface area contributed by atoms with Gasteiger partial charge in [0.1, 0.15) is 12.0 Å². The van der Waals surface area contributed by atoms with E-state index in [-0.39, 0.29) is 12.3 Å². The van der Waals surface area contributed by atoms with Gasteiger partial charge in [0, 0.05) is 27.4 Å². The molecular weight excluding hydrogens is 318 g/mol. The normalized spacial score (nSPS) is 31.2. The molecule has 0 spiro atoms. The van der Waals surface area contributed by atoms with Gasteiger partial charge in [-0.2, -0.15) is 0 Å². The molecule has 1 N–H and O–H groups in total. The maximum absolute atomic E-state index is 11.6. The van der Waals surface area contributed by atoms with E-state index in [2.05, 4.69) is 5.32 Å². The number of esters is 2. The number of hydrogen-bond donors (Lipinski definition) is 1. The van der Waals surface area contributed by atoms with E-state index in [0.717, 1.165) is 0 Å². The number of ether oxygens (including phenoxy) is 4. The summed E-state index contributed by atoms with van der Waals surface area (Å²) in [5.41, 5.74) is 0. The minimum atomic E-state index is -1.69. The van der Waals surface area contributed by atoms with E-state index in [1.54, 1.807) is 6.92 Å². The first kappa shape index (κ1) is 18.7. The number of nitrogens with one attached hydrogen (secondary N) is 1. The molecule has 0 saturated carbocycles. The lowest BCUT2D eigenvalue weighted by Crippen LogP contribution is -2.67. The van der Waals surface area contributed by atoms with Gasteiger partial charge in [-0.15, -0.1) is 11.6 Å². The molecule has 22 heavy (non-hydrogen) atoms. The summed E-state index contributed by atoms with van der Waals surface area (Å²) in [5, 5.41) is 2.46. The molecular formula is C13H20ClNO7. The van der Waals surface area contributed by atoms with Gasteiger partial charge in [-0.1, -0.05) is 0 Å². The van der Waals surface area contributed by atoms with Crippen molar-refractivity contribution in [1.82, 2.24) is 5.32 Å². The van der Waals surface area contributed by atoms with Gasteiger partial charge in [0.25, 0.3) is 5.91 Å². The minimum absolute atomic E-state index is 0.108. The van der Waals surface area contributed by atoms with Gasteiger partial charge in [0.2, 0.25) is 5.91 Å². The maximum Gasteiger partial charge on any atom is 0.303 e. The number of alkyl halides is 1. The second-order valence-electron chi connectivity index (χ2n) is 4.86. The Morgan fingerprint density at radius 3 is 2.32 bits per heavy atom. The maximum atomic E-state index is 11.6. The standard InChI is InChI=1S/C13H20ClNO7/c1-7-10(20-8(2)16)5-11(21-9(3)17)13(19-4,22-7)15-12(18)6-14/h7,10-11H,5-6H2,1-4H3,(H,15,18)/t7-,10+,11+,13-/m1/s1. The first-order valence-corrected chi connectivity index (χ1v) is 7.22. The van der Waals surface area contributed by atoms with Crippen LogP contribution in [0.25, 0.3) is 0 Å². The highest BCUT2D eigenvalue weighted by molar-refractivity contribution is 6.27. The molecule has 0 aromatic carbocycles. The number of halogens is 1. The summed E-state index contributed by atoms with van der Waals surface area (Å²) in [6.07, 6.45) is -2.12. The fourth-order valence-corrected chi connectivity index (χ4v) is 2.30. The summed E-state index contributed by atoms with van der Waals surface area (Å²) in [4.78, 5) is 34.1. The van der Waals surface area contributed by atoms with Crippen LogP contribution in [0.3, 0.4) is 0 Å². The molecule has 1 heterocycles. The van der Waals surface area contributed by atoms with Crippen LogP contribution in [-0.2, 0) is 33.3 Å². The molecule has 1 aliphatic rings. The Morgan fingerprint density at radius 1 is 1.27 bits per heavy atom. The van der Waals surface area contributed by atoms with Crippen LogP contribution in [0, 0.1) is 0 Å². The van der Waals surface area contributed by atoms with Crippen LogP contribution in [0.5, 0.6) is 0 Å². The first-order chi connectivity index (χ1) is 10.2. The fraction of sp³-hybridized carbons (Fsp3) is 0.769. The van der Waals surface area contributed by atoms with Crippen LogP contribution in [0.2, 0.25) is 0 Å². The second-order valence-corrected chi connectivity index (χ2v) is 5.13. The largest absolute Gasteiger partial charge is 0.460 e. The summed E-state index contributed by atoms with van der Waals surface area (Å²) in [5.74, 6) is -3.64. The molecule has 0 aromatic heterocycles. The van der Waals surface area contributed by atoms with Gasteiger partial charge in [-0.05, 0) is 6.92 Å². The van der Waals surface area contributed by atoms with Crippen LogP contribution < -0.4 is 5.32 Å². The summed E-state index contributed by atoms with van der Waals surface area (Å²) < 4.78 is 21.2. The highest BCUT2D eigenvalue weighted by Gasteiger charge is 2.52. The Bertz CT molecular complexity index is 444. The summed E-state index contributed by atoms with van der Waals surface area (Å²) in [6, 6.07) is 0. The van der Waals surface area contributed by atoms with Gasteiger partial charge in [-0.3, -0.25) is 14.4 Å². The predicted octanol–water partition coefficient (Wildman–Crippen LogP) is 0.314. The van der Waals surface area contributed by atoms with Crippen molar-refractivity contribution in [1.29, 1.82) is 0 Å². The highest BCUT2D eigenvalue weighted by Crippen LogP contribution is 2.32. The van der Waals surface area contributed by atoms with E-state index >= 15 is 0 Å².